The van der Waals surface area contributed by atoms with Gasteiger partial charge in [-0.2, -0.15) is 0 Å². The van der Waals surface area contributed by atoms with Crippen LogP contribution in [0.4, 0.5) is 8.78 Å². The highest BCUT2D eigenvalue weighted by Crippen LogP contribution is 2.56. The number of hydrogen-bond donors (Lipinski definition) is 1. The van der Waals surface area contributed by atoms with Crippen LogP contribution in [0.5, 0.6) is 0 Å². The fraction of sp³-hybridized carbons (Fsp3) is 0.318. The SMILES string of the molecule is CON=C(C(N)=O)c1ccccc1CON=CCC1CC1(C)c1ccc(F)cc1F. The van der Waals surface area contributed by atoms with Crippen LogP contribution in [-0.4, -0.2) is 24.9 Å². The van der Waals surface area contributed by atoms with Gasteiger partial charge in [-0.3, -0.25) is 4.79 Å². The molecular weight excluding hydrogens is 392 g/mol. The average molecular weight is 415 g/mol. The predicted octanol–water partition coefficient (Wildman–Crippen LogP) is 3.67. The zero-order valence-corrected chi connectivity index (χ0v) is 16.8. The normalized spacial score (nSPS) is 20.9. The van der Waals surface area contributed by atoms with Crippen LogP contribution in [0.2, 0.25) is 0 Å². The summed E-state index contributed by atoms with van der Waals surface area (Å²) in [6, 6.07) is 10.7. The van der Waals surface area contributed by atoms with E-state index < -0.39 is 17.5 Å². The number of carbonyl (C=O) groups excluding carboxylic acids is 1. The van der Waals surface area contributed by atoms with Gasteiger partial charge in [0.05, 0.1) is 0 Å². The maximum absolute atomic E-state index is 14.1. The molecule has 6 nitrogen and oxygen atoms in total. The lowest BCUT2D eigenvalue weighted by Gasteiger charge is -2.12. The minimum absolute atomic E-state index is 0.00393. The van der Waals surface area contributed by atoms with Gasteiger partial charge >= 0.3 is 0 Å². The van der Waals surface area contributed by atoms with Crippen molar-refractivity contribution in [3.8, 4) is 0 Å². The van der Waals surface area contributed by atoms with Crippen LogP contribution in [0.1, 0.15) is 36.5 Å². The first-order valence-corrected chi connectivity index (χ1v) is 9.45. The Morgan fingerprint density at radius 2 is 2.07 bits per heavy atom. The van der Waals surface area contributed by atoms with E-state index in [1.54, 1.807) is 30.5 Å². The van der Waals surface area contributed by atoms with E-state index in [1.807, 2.05) is 6.92 Å². The summed E-state index contributed by atoms with van der Waals surface area (Å²) in [5.41, 5.74) is 6.73. The first-order valence-electron chi connectivity index (χ1n) is 9.45. The molecule has 0 aromatic heterocycles. The van der Waals surface area contributed by atoms with E-state index in [2.05, 4.69) is 10.3 Å². The van der Waals surface area contributed by atoms with Crippen molar-refractivity contribution < 1.29 is 23.3 Å². The number of oxime groups is 2. The largest absolute Gasteiger partial charge is 0.398 e. The molecule has 2 aromatic rings. The summed E-state index contributed by atoms with van der Waals surface area (Å²) < 4.78 is 27.2. The molecular formula is C22H23F2N3O3. The molecule has 2 aromatic carbocycles. The Balaban J connectivity index is 1.57. The molecule has 2 N–H and O–H groups in total. The maximum atomic E-state index is 14.1. The van der Waals surface area contributed by atoms with Gasteiger partial charge in [-0.15, -0.1) is 0 Å². The fourth-order valence-corrected chi connectivity index (χ4v) is 3.60. The van der Waals surface area contributed by atoms with Crippen molar-refractivity contribution >= 4 is 17.8 Å². The van der Waals surface area contributed by atoms with Crippen molar-refractivity contribution in [2.75, 3.05) is 7.11 Å². The third-order valence-electron chi connectivity index (χ3n) is 5.41. The highest BCUT2D eigenvalue weighted by molar-refractivity contribution is 6.45. The molecule has 0 spiro atoms. The van der Waals surface area contributed by atoms with Crippen molar-refractivity contribution in [2.24, 2.45) is 22.0 Å². The van der Waals surface area contributed by atoms with Crippen molar-refractivity contribution in [3.63, 3.8) is 0 Å². The molecule has 3 rings (SSSR count). The summed E-state index contributed by atoms with van der Waals surface area (Å²) in [5, 5.41) is 7.65. The number of nitrogens with zero attached hydrogens (tertiary/aromatic N) is 2. The number of primary amides is 1. The minimum atomic E-state index is -0.714. The van der Waals surface area contributed by atoms with Crippen LogP contribution in [-0.2, 0) is 26.5 Å². The molecule has 0 radical (unpaired) electrons. The average Bonchev–Trinajstić information content (AvgIpc) is 3.36. The Morgan fingerprint density at radius 1 is 1.30 bits per heavy atom. The summed E-state index contributed by atoms with van der Waals surface area (Å²) in [6.45, 7) is 2.07. The quantitative estimate of drug-likeness (QED) is 0.501. The van der Waals surface area contributed by atoms with Gasteiger partial charge in [-0.25, -0.2) is 8.78 Å². The second kappa shape index (κ2) is 9.02. The third-order valence-corrected chi connectivity index (χ3v) is 5.41. The molecule has 1 amide bonds. The number of amides is 1. The number of halogens is 2. The Morgan fingerprint density at radius 3 is 2.77 bits per heavy atom. The lowest BCUT2D eigenvalue weighted by molar-refractivity contribution is -0.112. The summed E-state index contributed by atoms with van der Waals surface area (Å²) >= 11 is 0. The summed E-state index contributed by atoms with van der Waals surface area (Å²) in [6.07, 6.45) is 3.03. The van der Waals surface area contributed by atoms with E-state index >= 15 is 0 Å². The van der Waals surface area contributed by atoms with Gasteiger partial charge in [0, 0.05) is 23.4 Å². The molecule has 2 unspecified atom stereocenters. The number of nitrogens with two attached hydrogens (primary N) is 1. The Hall–Kier alpha value is -3.29. The zero-order chi connectivity index (χ0) is 21.7. The lowest BCUT2D eigenvalue weighted by Crippen LogP contribution is -2.25. The smallest absolute Gasteiger partial charge is 0.271 e. The van der Waals surface area contributed by atoms with Crippen LogP contribution in [0, 0.1) is 17.6 Å². The molecule has 1 aliphatic rings. The third kappa shape index (κ3) is 4.64. The van der Waals surface area contributed by atoms with E-state index in [9.17, 15) is 13.6 Å². The fourth-order valence-electron chi connectivity index (χ4n) is 3.60. The van der Waals surface area contributed by atoms with Crippen molar-refractivity contribution in [1.29, 1.82) is 0 Å². The lowest BCUT2D eigenvalue weighted by atomic mass is 9.94. The Labute approximate surface area is 173 Å². The number of carbonyl (C=O) groups is 1. The first kappa shape index (κ1) is 21.4. The molecule has 0 bridgehead atoms. The molecule has 1 fully saturated rings. The Bertz CT molecular complexity index is 993. The van der Waals surface area contributed by atoms with Gasteiger partial charge in [0.25, 0.3) is 5.91 Å². The van der Waals surface area contributed by atoms with Gasteiger partial charge in [0.2, 0.25) is 0 Å². The van der Waals surface area contributed by atoms with Gasteiger partial charge < -0.3 is 15.4 Å². The second-order valence-corrected chi connectivity index (χ2v) is 7.38. The van der Waals surface area contributed by atoms with E-state index in [-0.39, 0.29) is 23.7 Å². The van der Waals surface area contributed by atoms with Crippen LogP contribution < -0.4 is 5.73 Å². The van der Waals surface area contributed by atoms with E-state index in [0.717, 1.165) is 12.5 Å². The molecule has 1 saturated carbocycles. The van der Waals surface area contributed by atoms with Crippen LogP contribution >= 0.6 is 0 Å². The molecule has 0 heterocycles. The van der Waals surface area contributed by atoms with Crippen LogP contribution in [0.15, 0.2) is 52.8 Å². The highest BCUT2D eigenvalue weighted by Gasteiger charge is 2.51. The molecule has 8 heteroatoms. The topological polar surface area (TPSA) is 86.3 Å². The summed E-state index contributed by atoms with van der Waals surface area (Å²) in [4.78, 5) is 21.7. The summed E-state index contributed by atoms with van der Waals surface area (Å²) in [7, 11) is 1.33. The van der Waals surface area contributed by atoms with E-state index in [1.165, 1.54) is 19.2 Å². The van der Waals surface area contributed by atoms with Crippen LogP contribution in [0.3, 0.4) is 0 Å². The van der Waals surface area contributed by atoms with Gasteiger partial charge in [-0.1, -0.05) is 47.6 Å². The van der Waals surface area contributed by atoms with Crippen molar-refractivity contribution in [1.82, 2.24) is 0 Å². The minimum Gasteiger partial charge on any atom is -0.398 e. The maximum Gasteiger partial charge on any atom is 0.271 e. The Kier molecular flexibility index (Phi) is 6.44. The highest BCUT2D eigenvalue weighted by atomic mass is 19.1. The van der Waals surface area contributed by atoms with Gasteiger partial charge in [0.15, 0.2) is 5.71 Å². The first-order chi connectivity index (χ1) is 14.4. The molecule has 0 saturated heterocycles. The monoisotopic (exact) mass is 415 g/mol. The predicted molar refractivity (Wildman–Crippen MR) is 109 cm³/mol. The van der Waals surface area contributed by atoms with E-state index in [0.29, 0.717) is 23.1 Å². The molecule has 0 aliphatic heterocycles. The number of benzene rings is 2. The van der Waals surface area contributed by atoms with Crippen molar-refractivity contribution in [3.05, 3.63) is 70.8 Å². The van der Waals surface area contributed by atoms with Crippen molar-refractivity contribution in [2.45, 2.75) is 31.8 Å². The molecule has 2 atom stereocenters. The number of hydrogen-bond acceptors (Lipinski definition) is 5. The number of rotatable bonds is 9. The molecule has 1 aliphatic carbocycles. The van der Waals surface area contributed by atoms with Gasteiger partial charge in [0.1, 0.15) is 25.4 Å². The molecule has 158 valence electrons. The van der Waals surface area contributed by atoms with E-state index in [4.69, 9.17) is 15.4 Å². The molecule has 30 heavy (non-hydrogen) atoms. The standard InChI is InChI=1S/C22H23F2N3O3/c1-22(18-8-7-16(23)11-19(18)24)12-15(22)9-10-26-30-13-14-5-3-4-6-17(14)20(21(25)28)27-29-2/h3-8,10-11,15H,9,12-13H2,1-2H3,(H2,25,28). The van der Waals surface area contributed by atoms with Gasteiger partial charge in [-0.05, 0) is 35.8 Å². The van der Waals surface area contributed by atoms with Crippen LogP contribution in [0.25, 0.3) is 0 Å². The summed E-state index contributed by atoms with van der Waals surface area (Å²) in [5.74, 6) is -1.61. The zero-order valence-electron chi connectivity index (χ0n) is 16.8. The second-order valence-electron chi connectivity index (χ2n) is 7.38.